The maximum absolute atomic E-state index is 12.0. The first kappa shape index (κ1) is 17.2. The largest absolute Gasteiger partial charge is 0.291 e. The zero-order valence-corrected chi connectivity index (χ0v) is 15.4. The summed E-state index contributed by atoms with van der Waals surface area (Å²) in [5.41, 5.74) is 3.37. The minimum atomic E-state index is -2.92. The summed E-state index contributed by atoms with van der Waals surface area (Å²) in [4.78, 5) is 6.75. The molecule has 1 aromatic heterocycles. The molecule has 5 heteroatoms. The van der Waals surface area contributed by atoms with Crippen LogP contribution in [0.2, 0.25) is 0 Å². The molecule has 26 heavy (non-hydrogen) atoms. The summed E-state index contributed by atoms with van der Waals surface area (Å²) >= 11 is 0. The van der Waals surface area contributed by atoms with Gasteiger partial charge < -0.3 is 0 Å². The molecule has 0 amide bonds. The average molecular weight is 366 g/mol. The number of sulfone groups is 1. The molecule has 0 bridgehead atoms. The van der Waals surface area contributed by atoms with Crippen LogP contribution in [0.3, 0.4) is 0 Å². The second-order valence-corrected chi connectivity index (χ2v) is 9.16. The number of fused-ring (bicyclic) bond motifs is 1. The second-order valence-electron chi connectivity index (χ2n) is 6.93. The Hall–Kier alpha value is -2.24. The fraction of sp³-hybridized carbons (Fsp3) is 0.286. The smallest absolute Gasteiger partial charge is 0.151 e. The summed E-state index contributed by atoms with van der Waals surface area (Å²) in [6.07, 6.45) is 2.54. The molecule has 1 unspecified atom stereocenters. The Kier molecular flexibility index (Phi) is 4.74. The van der Waals surface area contributed by atoms with Crippen molar-refractivity contribution in [3.8, 4) is 0 Å². The number of rotatable bonds is 5. The molecule has 0 N–H and O–H groups in total. The predicted molar refractivity (Wildman–Crippen MR) is 104 cm³/mol. The SMILES string of the molecule is O=S1(=O)CCC(N(Cc2ccccc2)Cc2ccnc3ccccc23)C1. The molecule has 2 aromatic carbocycles. The van der Waals surface area contributed by atoms with E-state index in [0.29, 0.717) is 12.2 Å². The second kappa shape index (κ2) is 7.17. The first-order chi connectivity index (χ1) is 12.6. The van der Waals surface area contributed by atoms with Crippen molar-refractivity contribution in [2.24, 2.45) is 0 Å². The van der Waals surface area contributed by atoms with Crippen LogP contribution in [0, 0.1) is 0 Å². The fourth-order valence-corrected chi connectivity index (χ4v) is 5.47. The fourth-order valence-electron chi connectivity index (χ4n) is 3.71. The number of nitrogens with zero attached hydrogens (tertiary/aromatic N) is 2. The molecule has 134 valence electrons. The average Bonchev–Trinajstić information content (AvgIpc) is 3.02. The number of pyridine rings is 1. The first-order valence-corrected chi connectivity index (χ1v) is 10.7. The molecule has 0 radical (unpaired) electrons. The van der Waals surface area contributed by atoms with Crippen LogP contribution in [-0.2, 0) is 22.9 Å². The standard InChI is InChI=1S/C21H22N2O2S/c24-26(25)13-11-19(16-26)23(14-17-6-2-1-3-7-17)15-18-10-12-22-21-9-5-4-8-20(18)21/h1-10,12,19H,11,13-16H2. The van der Waals surface area contributed by atoms with E-state index >= 15 is 0 Å². The highest BCUT2D eigenvalue weighted by Crippen LogP contribution is 2.25. The van der Waals surface area contributed by atoms with E-state index in [1.54, 1.807) is 0 Å². The molecule has 1 aliphatic heterocycles. The van der Waals surface area contributed by atoms with Crippen LogP contribution in [0.15, 0.2) is 66.9 Å². The van der Waals surface area contributed by atoms with Gasteiger partial charge in [-0.3, -0.25) is 9.88 Å². The molecular formula is C21H22N2O2S. The summed E-state index contributed by atoms with van der Waals surface area (Å²) in [5, 5.41) is 1.13. The van der Waals surface area contributed by atoms with Gasteiger partial charge in [0.25, 0.3) is 0 Å². The van der Waals surface area contributed by atoms with E-state index in [1.807, 2.05) is 48.7 Å². The van der Waals surface area contributed by atoms with Crippen molar-refractivity contribution in [3.63, 3.8) is 0 Å². The Balaban J connectivity index is 1.66. The van der Waals surface area contributed by atoms with E-state index in [0.717, 1.165) is 24.0 Å². The van der Waals surface area contributed by atoms with Crippen LogP contribution >= 0.6 is 0 Å². The number of hydrogen-bond acceptors (Lipinski definition) is 4. The van der Waals surface area contributed by atoms with Gasteiger partial charge in [0.1, 0.15) is 0 Å². The summed E-state index contributed by atoms with van der Waals surface area (Å²) in [7, 11) is -2.92. The lowest BCUT2D eigenvalue weighted by Gasteiger charge is -2.28. The lowest BCUT2D eigenvalue weighted by atomic mass is 10.1. The molecule has 2 heterocycles. The van der Waals surface area contributed by atoms with E-state index in [-0.39, 0.29) is 11.8 Å². The molecule has 1 saturated heterocycles. The first-order valence-electron chi connectivity index (χ1n) is 8.92. The minimum Gasteiger partial charge on any atom is -0.291 e. The minimum absolute atomic E-state index is 0.0622. The molecule has 1 fully saturated rings. The molecule has 4 rings (SSSR count). The summed E-state index contributed by atoms with van der Waals surface area (Å²) in [5.74, 6) is 0.545. The Labute approximate surface area is 154 Å². The third-order valence-electron chi connectivity index (χ3n) is 5.07. The van der Waals surface area contributed by atoms with Crippen LogP contribution in [0.25, 0.3) is 10.9 Å². The molecule has 0 aliphatic carbocycles. The Morgan fingerprint density at radius 2 is 1.73 bits per heavy atom. The summed E-state index contributed by atoms with van der Waals surface area (Å²) in [6.45, 7) is 1.47. The number of aromatic nitrogens is 1. The van der Waals surface area contributed by atoms with Crippen molar-refractivity contribution in [1.29, 1.82) is 0 Å². The normalized spacial score (nSPS) is 19.2. The molecular weight excluding hydrogens is 344 g/mol. The molecule has 1 aliphatic rings. The van der Waals surface area contributed by atoms with Gasteiger partial charge in [-0.15, -0.1) is 0 Å². The zero-order valence-electron chi connectivity index (χ0n) is 14.6. The summed E-state index contributed by atoms with van der Waals surface area (Å²) in [6, 6.07) is 20.5. The third-order valence-corrected chi connectivity index (χ3v) is 6.82. The molecule has 1 atom stereocenters. The van der Waals surface area contributed by atoms with E-state index in [1.165, 1.54) is 11.1 Å². The van der Waals surface area contributed by atoms with E-state index in [4.69, 9.17) is 0 Å². The Bertz CT molecular complexity index is 997. The maximum Gasteiger partial charge on any atom is 0.151 e. The predicted octanol–water partition coefficient (Wildman–Crippen LogP) is 3.42. The highest BCUT2D eigenvalue weighted by molar-refractivity contribution is 7.91. The van der Waals surface area contributed by atoms with Gasteiger partial charge in [-0.25, -0.2) is 8.42 Å². The van der Waals surface area contributed by atoms with Gasteiger partial charge in [0.15, 0.2) is 9.84 Å². The molecule has 0 spiro atoms. The maximum atomic E-state index is 12.0. The monoisotopic (exact) mass is 366 g/mol. The van der Waals surface area contributed by atoms with Crippen molar-refractivity contribution < 1.29 is 8.42 Å². The van der Waals surface area contributed by atoms with Crippen LogP contribution < -0.4 is 0 Å². The highest BCUT2D eigenvalue weighted by Gasteiger charge is 2.32. The van der Waals surface area contributed by atoms with E-state index in [2.05, 4.69) is 28.1 Å². The van der Waals surface area contributed by atoms with Gasteiger partial charge in [-0.05, 0) is 29.7 Å². The lowest BCUT2D eigenvalue weighted by molar-refractivity contribution is 0.195. The van der Waals surface area contributed by atoms with Crippen LogP contribution in [-0.4, -0.2) is 35.8 Å². The van der Waals surface area contributed by atoms with Crippen molar-refractivity contribution in [2.75, 3.05) is 11.5 Å². The molecule has 4 nitrogen and oxygen atoms in total. The number of benzene rings is 2. The van der Waals surface area contributed by atoms with Crippen molar-refractivity contribution in [2.45, 2.75) is 25.6 Å². The Morgan fingerprint density at radius 1 is 0.962 bits per heavy atom. The van der Waals surface area contributed by atoms with Crippen LogP contribution in [0.1, 0.15) is 17.5 Å². The number of hydrogen-bond donors (Lipinski definition) is 0. The molecule has 3 aromatic rings. The van der Waals surface area contributed by atoms with Gasteiger partial charge >= 0.3 is 0 Å². The zero-order chi connectivity index (χ0) is 18.0. The number of para-hydroxylation sites is 1. The third kappa shape index (κ3) is 3.79. The highest BCUT2D eigenvalue weighted by atomic mass is 32.2. The van der Waals surface area contributed by atoms with Gasteiger partial charge in [0.2, 0.25) is 0 Å². The van der Waals surface area contributed by atoms with Crippen LogP contribution in [0.5, 0.6) is 0 Å². The topological polar surface area (TPSA) is 50.3 Å². The van der Waals surface area contributed by atoms with Crippen molar-refractivity contribution >= 4 is 20.7 Å². The van der Waals surface area contributed by atoms with E-state index in [9.17, 15) is 8.42 Å². The van der Waals surface area contributed by atoms with Gasteiger partial charge in [-0.1, -0.05) is 48.5 Å². The van der Waals surface area contributed by atoms with Gasteiger partial charge in [0.05, 0.1) is 17.0 Å². The van der Waals surface area contributed by atoms with Gasteiger partial charge in [-0.2, -0.15) is 0 Å². The van der Waals surface area contributed by atoms with Crippen molar-refractivity contribution in [1.82, 2.24) is 9.88 Å². The Morgan fingerprint density at radius 3 is 2.50 bits per heavy atom. The summed E-state index contributed by atoms with van der Waals surface area (Å²) < 4.78 is 24.1. The van der Waals surface area contributed by atoms with Crippen LogP contribution in [0.4, 0.5) is 0 Å². The van der Waals surface area contributed by atoms with E-state index < -0.39 is 9.84 Å². The van der Waals surface area contributed by atoms with Crippen molar-refractivity contribution in [3.05, 3.63) is 78.0 Å². The van der Waals surface area contributed by atoms with Gasteiger partial charge in [0, 0.05) is 30.7 Å². The quantitative estimate of drug-likeness (QED) is 0.694. The lowest BCUT2D eigenvalue weighted by Crippen LogP contribution is -2.35. The molecule has 0 saturated carbocycles.